The number of H-pyrrole nitrogens is 1. The molecule has 0 bridgehead atoms. The van der Waals surface area contributed by atoms with Gasteiger partial charge in [0, 0.05) is 31.4 Å². The van der Waals surface area contributed by atoms with Gasteiger partial charge < -0.3 is 16.0 Å². The van der Waals surface area contributed by atoms with Gasteiger partial charge in [-0.25, -0.2) is 9.97 Å². The van der Waals surface area contributed by atoms with E-state index >= 15 is 0 Å². The van der Waals surface area contributed by atoms with Crippen LogP contribution in [-0.4, -0.2) is 26.5 Å². The summed E-state index contributed by atoms with van der Waals surface area (Å²) in [6.45, 7) is 0.695. The van der Waals surface area contributed by atoms with Crippen LogP contribution in [0, 0.1) is 0 Å². The van der Waals surface area contributed by atoms with Crippen molar-refractivity contribution in [2.45, 2.75) is 6.42 Å². The van der Waals surface area contributed by atoms with E-state index in [1.807, 2.05) is 0 Å². The Bertz CT molecular complexity index is 435. The van der Waals surface area contributed by atoms with E-state index in [1.54, 1.807) is 18.5 Å². The number of aromatic nitrogens is 4. The summed E-state index contributed by atoms with van der Waals surface area (Å²) in [5.41, 5.74) is 5.46. The zero-order chi connectivity index (χ0) is 11.4. The Morgan fingerprint density at radius 3 is 3.00 bits per heavy atom. The Kier molecular flexibility index (Phi) is 3.21. The van der Waals surface area contributed by atoms with Gasteiger partial charge in [0.05, 0.1) is 0 Å². The summed E-state index contributed by atoms with van der Waals surface area (Å²) in [7, 11) is 0. The number of aromatic amines is 1. The highest BCUT2D eigenvalue weighted by Crippen LogP contribution is 2.12. The van der Waals surface area contributed by atoms with Crippen molar-refractivity contribution in [3.63, 3.8) is 0 Å². The van der Waals surface area contributed by atoms with Crippen LogP contribution >= 0.6 is 11.6 Å². The molecule has 16 heavy (non-hydrogen) atoms. The van der Waals surface area contributed by atoms with Gasteiger partial charge in [0.2, 0.25) is 5.95 Å². The molecule has 2 heterocycles. The van der Waals surface area contributed by atoms with Crippen molar-refractivity contribution < 1.29 is 0 Å². The summed E-state index contributed by atoms with van der Waals surface area (Å²) in [5, 5.41) is 3.42. The van der Waals surface area contributed by atoms with E-state index in [0.717, 1.165) is 12.2 Å². The molecule has 84 valence electrons. The first-order chi connectivity index (χ1) is 7.74. The molecule has 0 atom stereocenters. The van der Waals surface area contributed by atoms with Gasteiger partial charge in [-0.2, -0.15) is 4.98 Å². The molecule has 2 rings (SSSR count). The van der Waals surface area contributed by atoms with Crippen molar-refractivity contribution in [1.29, 1.82) is 0 Å². The summed E-state index contributed by atoms with van der Waals surface area (Å²) in [6.07, 6.45) is 4.28. The highest BCUT2D eigenvalue weighted by atomic mass is 35.5. The molecule has 2 aromatic heterocycles. The SMILES string of the molecule is Nc1nc(Cl)cc(NCCc2ncc[nH]2)n1. The van der Waals surface area contributed by atoms with Crippen LogP contribution in [0.1, 0.15) is 5.82 Å². The fourth-order valence-electron chi connectivity index (χ4n) is 1.27. The van der Waals surface area contributed by atoms with Crippen LogP contribution in [0.2, 0.25) is 5.15 Å². The number of halogens is 1. The molecule has 4 N–H and O–H groups in total. The molecular weight excluding hydrogens is 228 g/mol. The second-order valence-corrected chi connectivity index (χ2v) is 3.53. The van der Waals surface area contributed by atoms with E-state index in [9.17, 15) is 0 Å². The summed E-state index contributed by atoms with van der Waals surface area (Å²) < 4.78 is 0. The molecule has 0 unspecified atom stereocenters. The number of nitrogens with zero attached hydrogens (tertiary/aromatic N) is 3. The first-order valence-electron chi connectivity index (χ1n) is 4.76. The van der Waals surface area contributed by atoms with Crippen molar-refractivity contribution in [3.05, 3.63) is 29.4 Å². The Hall–Kier alpha value is -1.82. The summed E-state index contributed by atoms with van der Waals surface area (Å²) in [6, 6.07) is 1.63. The van der Waals surface area contributed by atoms with Gasteiger partial charge in [-0.05, 0) is 0 Å². The average Bonchev–Trinajstić information content (AvgIpc) is 2.69. The molecule has 0 aliphatic carbocycles. The van der Waals surface area contributed by atoms with Gasteiger partial charge in [0.1, 0.15) is 16.8 Å². The number of nitrogens with two attached hydrogens (primary N) is 1. The fraction of sp³-hybridized carbons (Fsp3) is 0.222. The smallest absolute Gasteiger partial charge is 0.223 e. The molecule has 0 aromatic carbocycles. The molecule has 0 aliphatic heterocycles. The quantitative estimate of drug-likeness (QED) is 0.694. The lowest BCUT2D eigenvalue weighted by Crippen LogP contribution is -2.08. The van der Waals surface area contributed by atoms with Gasteiger partial charge in [-0.1, -0.05) is 11.6 Å². The fourth-order valence-corrected chi connectivity index (χ4v) is 1.46. The molecule has 0 amide bonds. The highest BCUT2D eigenvalue weighted by Gasteiger charge is 2.00. The Labute approximate surface area is 97.3 Å². The van der Waals surface area contributed by atoms with E-state index < -0.39 is 0 Å². The van der Waals surface area contributed by atoms with E-state index in [0.29, 0.717) is 17.5 Å². The standard InChI is InChI=1S/C9H11ClN6/c10-6-5-8(16-9(11)15-6)12-2-1-7-13-3-4-14-7/h3-5H,1-2H2,(H,13,14)(H3,11,12,15,16). The lowest BCUT2D eigenvalue weighted by molar-refractivity contribution is 0.920. The third kappa shape index (κ3) is 2.83. The summed E-state index contributed by atoms with van der Waals surface area (Å²) in [5.74, 6) is 1.69. The molecule has 2 aromatic rings. The largest absolute Gasteiger partial charge is 0.369 e. The predicted molar refractivity (Wildman–Crippen MR) is 62.2 cm³/mol. The average molecular weight is 239 g/mol. The van der Waals surface area contributed by atoms with Crippen LogP contribution < -0.4 is 11.1 Å². The first-order valence-corrected chi connectivity index (χ1v) is 5.14. The second kappa shape index (κ2) is 4.80. The van der Waals surface area contributed by atoms with E-state index in [4.69, 9.17) is 17.3 Å². The van der Waals surface area contributed by atoms with Crippen LogP contribution in [0.5, 0.6) is 0 Å². The Balaban J connectivity index is 1.89. The van der Waals surface area contributed by atoms with Crippen molar-refractivity contribution in [1.82, 2.24) is 19.9 Å². The number of nitrogens with one attached hydrogen (secondary N) is 2. The zero-order valence-electron chi connectivity index (χ0n) is 8.44. The second-order valence-electron chi connectivity index (χ2n) is 3.15. The van der Waals surface area contributed by atoms with E-state index in [2.05, 4.69) is 25.3 Å². The number of nitrogen functional groups attached to an aromatic ring is 1. The molecule has 0 fully saturated rings. The minimum atomic E-state index is 0.160. The molecule has 0 spiro atoms. The number of hydrogen-bond donors (Lipinski definition) is 3. The van der Waals surface area contributed by atoms with E-state index in [-0.39, 0.29) is 5.95 Å². The maximum atomic E-state index is 5.74. The lowest BCUT2D eigenvalue weighted by Gasteiger charge is -2.04. The maximum absolute atomic E-state index is 5.74. The maximum Gasteiger partial charge on any atom is 0.223 e. The summed E-state index contributed by atoms with van der Waals surface area (Å²) >= 11 is 5.74. The number of hydrogen-bond acceptors (Lipinski definition) is 5. The minimum Gasteiger partial charge on any atom is -0.369 e. The number of rotatable bonds is 4. The van der Waals surface area contributed by atoms with Crippen molar-refractivity contribution in [2.24, 2.45) is 0 Å². The lowest BCUT2D eigenvalue weighted by atomic mass is 10.4. The minimum absolute atomic E-state index is 0.160. The van der Waals surface area contributed by atoms with Gasteiger partial charge in [0.15, 0.2) is 0 Å². The zero-order valence-corrected chi connectivity index (χ0v) is 9.20. The van der Waals surface area contributed by atoms with E-state index in [1.165, 1.54) is 0 Å². The monoisotopic (exact) mass is 238 g/mol. The Morgan fingerprint density at radius 2 is 2.31 bits per heavy atom. The van der Waals surface area contributed by atoms with Crippen molar-refractivity contribution >= 4 is 23.4 Å². The third-order valence-corrected chi connectivity index (χ3v) is 2.13. The molecule has 6 nitrogen and oxygen atoms in total. The molecule has 7 heteroatoms. The molecule has 0 saturated heterocycles. The van der Waals surface area contributed by atoms with Crippen molar-refractivity contribution in [3.8, 4) is 0 Å². The topological polar surface area (TPSA) is 92.5 Å². The van der Waals surface area contributed by atoms with Crippen LogP contribution in [-0.2, 0) is 6.42 Å². The van der Waals surface area contributed by atoms with Crippen LogP contribution in [0.3, 0.4) is 0 Å². The Morgan fingerprint density at radius 1 is 1.44 bits per heavy atom. The summed E-state index contributed by atoms with van der Waals surface area (Å²) in [4.78, 5) is 14.9. The first kappa shape index (κ1) is 10.7. The highest BCUT2D eigenvalue weighted by molar-refractivity contribution is 6.29. The number of anilines is 2. The number of imidazole rings is 1. The normalized spacial score (nSPS) is 10.3. The molecular formula is C9H11ClN6. The van der Waals surface area contributed by atoms with Crippen LogP contribution in [0.4, 0.5) is 11.8 Å². The van der Waals surface area contributed by atoms with Crippen LogP contribution in [0.25, 0.3) is 0 Å². The van der Waals surface area contributed by atoms with Gasteiger partial charge >= 0.3 is 0 Å². The predicted octanol–water partition coefficient (Wildman–Crippen LogP) is 1.09. The van der Waals surface area contributed by atoms with Gasteiger partial charge in [-0.3, -0.25) is 0 Å². The molecule has 0 radical (unpaired) electrons. The third-order valence-electron chi connectivity index (χ3n) is 1.93. The van der Waals surface area contributed by atoms with Gasteiger partial charge in [0.25, 0.3) is 0 Å². The molecule has 0 aliphatic rings. The van der Waals surface area contributed by atoms with Crippen molar-refractivity contribution in [2.75, 3.05) is 17.6 Å². The van der Waals surface area contributed by atoms with Gasteiger partial charge in [-0.15, -0.1) is 0 Å². The molecule has 0 saturated carbocycles. The van der Waals surface area contributed by atoms with Crippen LogP contribution in [0.15, 0.2) is 18.5 Å².